The SMILES string of the molecule is C1=CCCC=CCCC=CCC1.FC(F)=C(F)F.[Ni]. The van der Waals surface area contributed by atoms with Gasteiger partial charge in [0.25, 0.3) is 0 Å². The molecule has 0 nitrogen and oxygen atoms in total. The van der Waals surface area contributed by atoms with Gasteiger partial charge in [-0.05, 0) is 38.5 Å². The predicted octanol–water partition coefficient (Wildman–Crippen LogP) is 6.00. The van der Waals surface area contributed by atoms with Crippen LogP contribution in [0, 0.1) is 0 Å². The maximum absolute atomic E-state index is 10.3. The van der Waals surface area contributed by atoms with Crippen molar-refractivity contribution in [1.82, 2.24) is 0 Å². The number of hydrogen-bond acceptors (Lipinski definition) is 0. The molecular formula is C14H18F4Ni. The van der Waals surface area contributed by atoms with Crippen molar-refractivity contribution >= 4 is 0 Å². The quantitative estimate of drug-likeness (QED) is 0.292. The number of allylic oxidation sites excluding steroid dienone is 6. The summed E-state index contributed by atoms with van der Waals surface area (Å²) in [4.78, 5) is 0. The van der Waals surface area contributed by atoms with Gasteiger partial charge in [-0.3, -0.25) is 0 Å². The monoisotopic (exact) mass is 320 g/mol. The van der Waals surface area contributed by atoms with E-state index in [4.69, 9.17) is 0 Å². The molecule has 0 aromatic heterocycles. The van der Waals surface area contributed by atoms with Crippen LogP contribution in [0.3, 0.4) is 0 Å². The van der Waals surface area contributed by atoms with Crippen molar-refractivity contribution in [2.45, 2.75) is 38.5 Å². The van der Waals surface area contributed by atoms with Crippen LogP contribution in [0.25, 0.3) is 0 Å². The minimum absolute atomic E-state index is 0. The van der Waals surface area contributed by atoms with Crippen molar-refractivity contribution in [3.05, 3.63) is 48.6 Å². The first kappa shape index (κ1) is 20.5. The van der Waals surface area contributed by atoms with Crippen molar-refractivity contribution in [2.75, 3.05) is 0 Å². The van der Waals surface area contributed by atoms with E-state index in [9.17, 15) is 17.6 Å². The van der Waals surface area contributed by atoms with Crippen molar-refractivity contribution < 1.29 is 34.1 Å². The van der Waals surface area contributed by atoms with Gasteiger partial charge in [-0.25, -0.2) is 0 Å². The maximum Gasteiger partial charge on any atom is 0.334 e. The van der Waals surface area contributed by atoms with Crippen LogP contribution in [0.1, 0.15) is 38.5 Å². The first-order valence-corrected chi connectivity index (χ1v) is 5.96. The molecule has 0 amide bonds. The fourth-order valence-electron chi connectivity index (χ4n) is 1.28. The third kappa shape index (κ3) is 17.2. The van der Waals surface area contributed by atoms with Crippen LogP contribution >= 0.6 is 0 Å². The van der Waals surface area contributed by atoms with Crippen LogP contribution in [-0.4, -0.2) is 0 Å². The average molecular weight is 321 g/mol. The van der Waals surface area contributed by atoms with Gasteiger partial charge >= 0.3 is 12.2 Å². The molecule has 0 bridgehead atoms. The van der Waals surface area contributed by atoms with Gasteiger partial charge in [0.1, 0.15) is 0 Å². The van der Waals surface area contributed by atoms with Crippen LogP contribution in [-0.2, 0) is 16.5 Å². The Hall–Kier alpha value is -0.826. The van der Waals surface area contributed by atoms with Crippen molar-refractivity contribution in [3.63, 3.8) is 0 Å². The Labute approximate surface area is 121 Å². The molecule has 0 atom stereocenters. The van der Waals surface area contributed by atoms with E-state index in [0.29, 0.717) is 0 Å². The topological polar surface area (TPSA) is 0 Å². The molecule has 5 heteroatoms. The first-order chi connectivity index (χ1) is 8.64. The summed E-state index contributed by atoms with van der Waals surface area (Å²) in [6.45, 7) is 0. The normalized spacial score (nSPS) is 15.2. The van der Waals surface area contributed by atoms with Gasteiger partial charge in [-0.15, -0.1) is 0 Å². The van der Waals surface area contributed by atoms with Gasteiger partial charge in [0.05, 0.1) is 0 Å². The van der Waals surface area contributed by atoms with Crippen LogP contribution in [0.2, 0.25) is 0 Å². The Balaban J connectivity index is 0. The summed E-state index contributed by atoms with van der Waals surface area (Å²) in [5, 5.41) is 0. The Kier molecular flexibility index (Phi) is 16.4. The summed E-state index contributed by atoms with van der Waals surface area (Å²) in [5.41, 5.74) is 0. The Bertz CT molecular complexity index is 250. The maximum atomic E-state index is 10.3. The number of hydrogen-bond donors (Lipinski definition) is 0. The zero-order valence-electron chi connectivity index (χ0n) is 10.5. The van der Waals surface area contributed by atoms with E-state index >= 15 is 0 Å². The summed E-state index contributed by atoms with van der Waals surface area (Å²) < 4.78 is 41.1. The van der Waals surface area contributed by atoms with Gasteiger partial charge in [0.2, 0.25) is 0 Å². The van der Waals surface area contributed by atoms with E-state index < -0.39 is 12.2 Å². The molecule has 1 aliphatic rings. The molecule has 0 heterocycles. The summed E-state index contributed by atoms with van der Waals surface area (Å²) in [7, 11) is 0. The molecule has 1 rings (SSSR count). The fraction of sp³-hybridized carbons (Fsp3) is 0.429. The Morgan fingerprint density at radius 1 is 0.474 bits per heavy atom. The summed E-state index contributed by atoms with van der Waals surface area (Å²) in [6.07, 6.45) is 15.2. The Morgan fingerprint density at radius 2 is 0.632 bits per heavy atom. The first-order valence-electron chi connectivity index (χ1n) is 5.96. The van der Waals surface area contributed by atoms with E-state index in [1.165, 1.54) is 38.5 Å². The second kappa shape index (κ2) is 15.2. The minimum atomic E-state index is -2.91. The fourth-order valence-corrected chi connectivity index (χ4v) is 1.28. The average Bonchev–Trinajstić information content (AvgIpc) is 2.30. The summed E-state index contributed by atoms with van der Waals surface area (Å²) in [6, 6.07) is 0. The molecule has 0 N–H and O–H groups in total. The summed E-state index contributed by atoms with van der Waals surface area (Å²) in [5.74, 6) is 0. The van der Waals surface area contributed by atoms with E-state index in [2.05, 4.69) is 36.5 Å². The molecule has 0 saturated heterocycles. The van der Waals surface area contributed by atoms with Gasteiger partial charge in [-0.2, -0.15) is 17.6 Å². The molecule has 0 radical (unpaired) electrons. The van der Waals surface area contributed by atoms with Crippen molar-refractivity contribution in [1.29, 1.82) is 0 Å². The molecule has 0 saturated carbocycles. The molecule has 0 spiro atoms. The van der Waals surface area contributed by atoms with Crippen molar-refractivity contribution in [3.8, 4) is 0 Å². The molecule has 112 valence electrons. The van der Waals surface area contributed by atoms with Gasteiger partial charge in [-0.1, -0.05) is 36.5 Å². The molecule has 1 aliphatic carbocycles. The summed E-state index contributed by atoms with van der Waals surface area (Å²) >= 11 is 0. The van der Waals surface area contributed by atoms with Crippen LogP contribution in [0.15, 0.2) is 48.6 Å². The number of halogens is 4. The zero-order chi connectivity index (χ0) is 13.6. The van der Waals surface area contributed by atoms with E-state index in [0.717, 1.165) is 0 Å². The van der Waals surface area contributed by atoms with Crippen LogP contribution in [0.5, 0.6) is 0 Å². The smallest absolute Gasteiger partial charge is 0.167 e. The minimum Gasteiger partial charge on any atom is -0.167 e. The standard InChI is InChI=1S/C12H18.C2F4.Ni/c1-2-4-6-8-10-12-11-9-7-5-3-1;3-1(4)2(5)6;/h1-2,7-10H,3-6,11-12H2;;. The van der Waals surface area contributed by atoms with Crippen molar-refractivity contribution in [2.24, 2.45) is 0 Å². The van der Waals surface area contributed by atoms with Crippen LogP contribution in [0.4, 0.5) is 17.6 Å². The third-order valence-corrected chi connectivity index (χ3v) is 2.14. The third-order valence-electron chi connectivity index (χ3n) is 2.14. The molecule has 0 aromatic rings. The molecule has 19 heavy (non-hydrogen) atoms. The molecule has 0 aliphatic heterocycles. The zero-order valence-corrected chi connectivity index (χ0v) is 11.5. The van der Waals surface area contributed by atoms with Gasteiger partial charge in [0, 0.05) is 16.5 Å². The number of rotatable bonds is 0. The molecule has 0 aromatic carbocycles. The van der Waals surface area contributed by atoms with Gasteiger partial charge in [0.15, 0.2) is 0 Å². The molecule has 0 unspecified atom stereocenters. The van der Waals surface area contributed by atoms with E-state index in [-0.39, 0.29) is 16.5 Å². The van der Waals surface area contributed by atoms with E-state index in [1.54, 1.807) is 0 Å². The molecule has 0 fully saturated rings. The predicted molar refractivity (Wildman–Crippen MR) is 66.6 cm³/mol. The molecular weight excluding hydrogens is 303 g/mol. The van der Waals surface area contributed by atoms with Crippen LogP contribution < -0.4 is 0 Å². The second-order valence-electron chi connectivity index (χ2n) is 3.67. The largest absolute Gasteiger partial charge is 0.334 e. The Morgan fingerprint density at radius 3 is 0.737 bits per heavy atom. The second-order valence-corrected chi connectivity index (χ2v) is 3.67. The van der Waals surface area contributed by atoms with E-state index in [1.807, 2.05) is 0 Å². The van der Waals surface area contributed by atoms with Gasteiger partial charge < -0.3 is 0 Å².